The molecule has 4 heteroatoms. The molecule has 0 unspecified atom stereocenters. The number of carbonyl (C=O) groups excluding carboxylic acids is 1. The molecule has 4 nitrogen and oxygen atoms in total. The molecule has 0 saturated carbocycles. The van der Waals surface area contributed by atoms with E-state index in [0.717, 1.165) is 37.0 Å². The maximum Gasteiger partial charge on any atom is 0.306 e. The molecule has 0 atom stereocenters. The van der Waals surface area contributed by atoms with E-state index < -0.39 is 0 Å². The average Bonchev–Trinajstić information content (AvgIpc) is 2.66. The number of methoxy groups -OCH3 is 1. The van der Waals surface area contributed by atoms with Gasteiger partial charge in [0.1, 0.15) is 6.61 Å². The predicted octanol–water partition coefficient (Wildman–Crippen LogP) is 6.06. The summed E-state index contributed by atoms with van der Waals surface area (Å²) >= 11 is 0. The van der Waals surface area contributed by atoms with Gasteiger partial charge in [-0.25, -0.2) is 0 Å². The largest absolute Gasteiger partial charge is 0.493 e. The fraction of sp³-hybridized carbons (Fsp3) is 0.682. The van der Waals surface area contributed by atoms with Gasteiger partial charge in [0.15, 0.2) is 11.5 Å². The van der Waals surface area contributed by atoms with Crippen LogP contribution in [0.4, 0.5) is 0 Å². The molecule has 1 aromatic carbocycles. The van der Waals surface area contributed by atoms with Crippen molar-refractivity contribution in [1.82, 2.24) is 0 Å². The van der Waals surface area contributed by atoms with Gasteiger partial charge in [0.25, 0.3) is 0 Å². The second kappa shape index (κ2) is 14.5. The Labute approximate surface area is 159 Å². The highest BCUT2D eigenvalue weighted by atomic mass is 16.5. The molecule has 0 heterocycles. The van der Waals surface area contributed by atoms with Gasteiger partial charge >= 0.3 is 5.97 Å². The molecule has 0 aromatic heterocycles. The zero-order valence-corrected chi connectivity index (χ0v) is 16.9. The average molecular weight is 365 g/mol. The Morgan fingerprint density at radius 2 is 1.58 bits per heavy atom. The van der Waals surface area contributed by atoms with E-state index in [-0.39, 0.29) is 12.6 Å². The van der Waals surface area contributed by atoms with Crippen LogP contribution in [-0.2, 0) is 16.1 Å². The van der Waals surface area contributed by atoms with Gasteiger partial charge in [-0.1, -0.05) is 64.9 Å². The molecule has 26 heavy (non-hydrogen) atoms. The molecular weight excluding hydrogens is 328 g/mol. The van der Waals surface area contributed by atoms with Gasteiger partial charge in [-0.15, -0.1) is 0 Å². The zero-order valence-electron chi connectivity index (χ0n) is 16.9. The van der Waals surface area contributed by atoms with Crippen molar-refractivity contribution < 1.29 is 19.0 Å². The van der Waals surface area contributed by atoms with Crippen LogP contribution in [0.15, 0.2) is 18.2 Å². The highest BCUT2D eigenvalue weighted by Gasteiger charge is 2.08. The number of hydrogen-bond donors (Lipinski definition) is 0. The van der Waals surface area contributed by atoms with Crippen LogP contribution in [0, 0.1) is 0 Å². The minimum atomic E-state index is -0.124. The quantitative estimate of drug-likeness (QED) is 0.280. The number of ether oxygens (including phenoxy) is 3. The Morgan fingerprint density at radius 3 is 2.27 bits per heavy atom. The van der Waals surface area contributed by atoms with Crippen molar-refractivity contribution in [2.75, 3.05) is 13.7 Å². The first-order valence-corrected chi connectivity index (χ1v) is 10.2. The Hall–Kier alpha value is -1.71. The van der Waals surface area contributed by atoms with Crippen LogP contribution in [-0.4, -0.2) is 19.7 Å². The second-order valence-electron chi connectivity index (χ2n) is 6.72. The van der Waals surface area contributed by atoms with E-state index in [9.17, 15) is 4.79 Å². The summed E-state index contributed by atoms with van der Waals surface area (Å²) in [5, 5.41) is 0. The maximum absolute atomic E-state index is 11.9. The standard InChI is InChI=1S/C22H36O4/c1-4-6-8-9-10-11-12-13-22(23)26-18-19-14-15-20(21(17-19)24-3)25-16-7-5-2/h14-15,17H,4-13,16,18H2,1-3H3. The number of hydrogen-bond acceptors (Lipinski definition) is 4. The summed E-state index contributed by atoms with van der Waals surface area (Å²) in [5.74, 6) is 1.29. The first-order chi connectivity index (χ1) is 12.7. The van der Waals surface area contributed by atoms with Crippen molar-refractivity contribution in [2.45, 2.75) is 84.7 Å². The smallest absolute Gasteiger partial charge is 0.306 e. The molecular formula is C22H36O4. The lowest BCUT2D eigenvalue weighted by Gasteiger charge is -2.12. The molecule has 1 rings (SSSR count). The molecule has 0 fully saturated rings. The third kappa shape index (κ3) is 9.69. The van der Waals surface area contributed by atoms with Gasteiger partial charge in [-0.3, -0.25) is 4.79 Å². The van der Waals surface area contributed by atoms with Crippen molar-refractivity contribution in [3.63, 3.8) is 0 Å². The minimum Gasteiger partial charge on any atom is -0.493 e. The molecule has 0 radical (unpaired) electrons. The van der Waals surface area contributed by atoms with Crippen LogP contribution in [0.1, 0.15) is 83.6 Å². The van der Waals surface area contributed by atoms with E-state index in [1.165, 1.54) is 32.1 Å². The normalized spacial score (nSPS) is 10.6. The lowest BCUT2D eigenvalue weighted by atomic mass is 10.1. The first kappa shape index (κ1) is 22.3. The first-order valence-electron chi connectivity index (χ1n) is 10.2. The fourth-order valence-corrected chi connectivity index (χ4v) is 2.71. The van der Waals surface area contributed by atoms with Gasteiger partial charge in [-0.2, -0.15) is 0 Å². The Bertz CT molecular complexity index is 499. The van der Waals surface area contributed by atoms with E-state index in [4.69, 9.17) is 14.2 Å². The molecule has 0 bridgehead atoms. The fourth-order valence-electron chi connectivity index (χ4n) is 2.71. The van der Waals surface area contributed by atoms with Gasteiger partial charge in [-0.05, 0) is 30.5 Å². The summed E-state index contributed by atoms with van der Waals surface area (Å²) in [6, 6.07) is 5.68. The summed E-state index contributed by atoms with van der Waals surface area (Å²) < 4.78 is 16.5. The number of esters is 1. The SMILES string of the molecule is CCCCCCCCCC(=O)OCc1ccc(OCCCC)c(OC)c1. The second-order valence-corrected chi connectivity index (χ2v) is 6.72. The topological polar surface area (TPSA) is 44.8 Å². The van der Waals surface area contributed by atoms with Crippen LogP contribution in [0.2, 0.25) is 0 Å². The van der Waals surface area contributed by atoms with Crippen LogP contribution in [0.5, 0.6) is 11.5 Å². The number of rotatable bonds is 15. The molecule has 0 amide bonds. The highest BCUT2D eigenvalue weighted by molar-refractivity contribution is 5.69. The van der Waals surface area contributed by atoms with E-state index in [1.807, 2.05) is 18.2 Å². The third-order valence-electron chi connectivity index (χ3n) is 4.37. The van der Waals surface area contributed by atoms with Crippen molar-refractivity contribution in [2.24, 2.45) is 0 Å². The van der Waals surface area contributed by atoms with Gasteiger partial charge in [0.2, 0.25) is 0 Å². The molecule has 0 aliphatic heterocycles. The van der Waals surface area contributed by atoms with Crippen LogP contribution in [0.25, 0.3) is 0 Å². The Balaban J connectivity index is 2.27. The predicted molar refractivity (Wildman–Crippen MR) is 106 cm³/mol. The van der Waals surface area contributed by atoms with Crippen LogP contribution < -0.4 is 9.47 Å². The van der Waals surface area contributed by atoms with E-state index in [1.54, 1.807) is 7.11 Å². The Morgan fingerprint density at radius 1 is 0.885 bits per heavy atom. The van der Waals surface area contributed by atoms with Crippen molar-refractivity contribution in [3.8, 4) is 11.5 Å². The summed E-state index contributed by atoms with van der Waals surface area (Å²) in [6.45, 7) is 5.31. The third-order valence-corrected chi connectivity index (χ3v) is 4.37. The lowest BCUT2D eigenvalue weighted by Crippen LogP contribution is -2.05. The Kier molecular flexibility index (Phi) is 12.4. The van der Waals surface area contributed by atoms with E-state index in [0.29, 0.717) is 18.8 Å². The lowest BCUT2D eigenvalue weighted by molar-refractivity contribution is -0.145. The maximum atomic E-state index is 11.9. The summed E-state index contributed by atoms with van der Waals surface area (Å²) in [5.41, 5.74) is 0.914. The molecule has 0 spiro atoms. The van der Waals surface area contributed by atoms with Crippen molar-refractivity contribution in [3.05, 3.63) is 23.8 Å². The van der Waals surface area contributed by atoms with Crippen LogP contribution in [0.3, 0.4) is 0 Å². The minimum absolute atomic E-state index is 0.124. The van der Waals surface area contributed by atoms with Crippen LogP contribution >= 0.6 is 0 Å². The van der Waals surface area contributed by atoms with Crippen molar-refractivity contribution in [1.29, 1.82) is 0 Å². The molecule has 0 N–H and O–H groups in total. The monoisotopic (exact) mass is 364 g/mol. The number of unbranched alkanes of at least 4 members (excludes halogenated alkanes) is 7. The van der Waals surface area contributed by atoms with E-state index in [2.05, 4.69) is 13.8 Å². The number of benzene rings is 1. The highest BCUT2D eigenvalue weighted by Crippen LogP contribution is 2.28. The van der Waals surface area contributed by atoms with Crippen molar-refractivity contribution >= 4 is 5.97 Å². The van der Waals surface area contributed by atoms with Gasteiger partial charge in [0, 0.05) is 6.42 Å². The molecule has 1 aromatic rings. The van der Waals surface area contributed by atoms with E-state index >= 15 is 0 Å². The molecule has 0 saturated heterocycles. The molecule has 0 aliphatic rings. The molecule has 0 aliphatic carbocycles. The zero-order chi connectivity index (χ0) is 19.0. The summed E-state index contributed by atoms with van der Waals surface area (Å²) in [6.07, 6.45) is 11.0. The molecule has 148 valence electrons. The van der Waals surface area contributed by atoms with Gasteiger partial charge < -0.3 is 14.2 Å². The summed E-state index contributed by atoms with van der Waals surface area (Å²) in [7, 11) is 1.62. The van der Waals surface area contributed by atoms with Gasteiger partial charge in [0.05, 0.1) is 13.7 Å². The summed E-state index contributed by atoms with van der Waals surface area (Å²) in [4.78, 5) is 11.9. The number of carbonyl (C=O) groups is 1.